The van der Waals surface area contributed by atoms with Crippen LogP contribution in [0.25, 0.3) is 0 Å². The minimum atomic E-state index is -1.45. The molecule has 34 heavy (non-hydrogen) atoms. The van der Waals surface area contributed by atoms with E-state index in [1.807, 2.05) is 42.5 Å². The van der Waals surface area contributed by atoms with Crippen LogP contribution in [0.3, 0.4) is 0 Å². The molecule has 2 unspecified atom stereocenters. The molecule has 2 atom stereocenters. The summed E-state index contributed by atoms with van der Waals surface area (Å²) in [5.74, 6) is -2.69. The highest BCUT2D eigenvalue weighted by molar-refractivity contribution is 6.40. The molecule has 5 nitrogen and oxygen atoms in total. The van der Waals surface area contributed by atoms with Gasteiger partial charge in [0, 0.05) is 17.4 Å². The van der Waals surface area contributed by atoms with Crippen LogP contribution < -0.4 is 5.73 Å². The molecule has 0 saturated carbocycles. The Morgan fingerprint density at radius 1 is 0.853 bits per heavy atom. The number of carboxylic acid groups (broad SMARTS) is 1. The summed E-state index contributed by atoms with van der Waals surface area (Å²) < 4.78 is 0. The van der Waals surface area contributed by atoms with Gasteiger partial charge in [-0.05, 0) is 60.3 Å². The number of aliphatic carboxylic acids is 1. The predicted molar refractivity (Wildman–Crippen MR) is 131 cm³/mol. The maximum absolute atomic E-state index is 12.6. The number of carboxylic acids is 1. The van der Waals surface area contributed by atoms with Gasteiger partial charge >= 0.3 is 5.97 Å². The number of primary amides is 1. The first-order valence-corrected chi connectivity index (χ1v) is 11.7. The number of hydrogen-bond donors (Lipinski definition) is 2. The molecule has 1 aliphatic carbocycles. The van der Waals surface area contributed by atoms with Crippen molar-refractivity contribution in [1.82, 2.24) is 0 Å². The summed E-state index contributed by atoms with van der Waals surface area (Å²) in [5.41, 5.74) is 10.3. The van der Waals surface area contributed by atoms with Crippen LogP contribution in [-0.2, 0) is 22.4 Å². The molecule has 0 saturated heterocycles. The molecule has 3 aromatic rings. The molecule has 3 N–H and O–H groups in total. The lowest BCUT2D eigenvalue weighted by Gasteiger charge is -2.31. The Labute approximate surface area is 199 Å². The van der Waals surface area contributed by atoms with Gasteiger partial charge in [-0.15, -0.1) is 0 Å². The van der Waals surface area contributed by atoms with Gasteiger partial charge in [0.25, 0.3) is 5.78 Å². The number of fused-ring (bicyclic) bond motifs is 1. The van der Waals surface area contributed by atoms with Crippen molar-refractivity contribution in [3.63, 3.8) is 0 Å². The van der Waals surface area contributed by atoms with Crippen LogP contribution in [0.4, 0.5) is 0 Å². The Hall–Kier alpha value is -3.73. The fraction of sp³-hybridized carbons (Fsp3) is 0.276. The van der Waals surface area contributed by atoms with Gasteiger partial charge in [-0.2, -0.15) is 0 Å². The number of nitrogens with two attached hydrogens (primary N) is 1. The van der Waals surface area contributed by atoms with E-state index in [1.165, 1.54) is 11.1 Å². The van der Waals surface area contributed by atoms with E-state index in [-0.39, 0.29) is 29.2 Å². The van der Waals surface area contributed by atoms with Crippen molar-refractivity contribution >= 4 is 17.7 Å². The van der Waals surface area contributed by atoms with Crippen molar-refractivity contribution < 1.29 is 19.5 Å². The van der Waals surface area contributed by atoms with Gasteiger partial charge in [0.1, 0.15) is 0 Å². The van der Waals surface area contributed by atoms with E-state index < -0.39 is 11.8 Å². The average molecular weight is 456 g/mol. The molecule has 0 bridgehead atoms. The van der Waals surface area contributed by atoms with Gasteiger partial charge in [0.15, 0.2) is 0 Å². The summed E-state index contributed by atoms with van der Waals surface area (Å²) in [5, 5.41) is 9.15. The van der Waals surface area contributed by atoms with Gasteiger partial charge in [-0.1, -0.05) is 78.9 Å². The van der Waals surface area contributed by atoms with Crippen molar-refractivity contribution in [2.24, 2.45) is 17.6 Å². The van der Waals surface area contributed by atoms with Crippen LogP contribution >= 0.6 is 0 Å². The zero-order chi connectivity index (χ0) is 24.1. The molecule has 1 amide bonds. The second-order valence-electron chi connectivity index (χ2n) is 9.04. The summed E-state index contributed by atoms with van der Waals surface area (Å²) in [6.45, 7) is 0. The number of amides is 1. The number of hydrogen-bond acceptors (Lipinski definition) is 3. The van der Waals surface area contributed by atoms with E-state index in [0.29, 0.717) is 25.7 Å². The predicted octanol–water partition coefficient (Wildman–Crippen LogP) is 4.77. The number of ketones is 1. The van der Waals surface area contributed by atoms with Gasteiger partial charge in [0.2, 0.25) is 5.91 Å². The number of carbonyl (C=O) groups excluding carboxylic acids is 2. The molecule has 0 spiro atoms. The fourth-order valence-corrected chi connectivity index (χ4v) is 5.36. The minimum absolute atomic E-state index is 0.0624. The molecule has 0 aliphatic heterocycles. The summed E-state index contributed by atoms with van der Waals surface area (Å²) in [6.07, 6.45) is 3.34. The highest BCUT2D eigenvalue weighted by Crippen LogP contribution is 2.37. The second-order valence-corrected chi connectivity index (χ2v) is 9.04. The third-order valence-electron chi connectivity index (χ3n) is 7.06. The summed E-state index contributed by atoms with van der Waals surface area (Å²) in [4.78, 5) is 35.9. The second kappa shape index (κ2) is 10.5. The smallest absolute Gasteiger partial charge is 0.377 e. The van der Waals surface area contributed by atoms with Crippen molar-refractivity contribution in [2.75, 3.05) is 0 Å². The molecule has 0 radical (unpaired) electrons. The minimum Gasteiger partial charge on any atom is -0.475 e. The van der Waals surface area contributed by atoms with Gasteiger partial charge in [-0.3, -0.25) is 9.59 Å². The molecule has 0 aromatic heterocycles. The fourth-order valence-electron chi connectivity index (χ4n) is 5.36. The average Bonchev–Trinajstić information content (AvgIpc) is 2.86. The van der Waals surface area contributed by atoms with Crippen LogP contribution in [0.1, 0.15) is 57.8 Å². The Morgan fingerprint density at radius 2 is 1.47 bits per heavy atom. The highest BCUT2D eigenvalue weighted by Gasteiger charge is 2.33. The van der Waals surface area contributed by atoms with Crippen LogP contribution in [0.5, 0.6) is 0 Å². The van der Waals surface area contributed by atoms with Crippen LogP contribution in [-0.4, -0.2) is 22.8 Å². The molecule has 3 aromatic carbocycles. The topological polar surface area (TPSA) is 97.5 Å². The Kier molecular flexibility index (Phi) is 7.21. The third kappa shape index (κ3) is 5.09. The zero-order valence-electron chi connectivity index (χ0n) is 19.0. The Bertz CT molecular complexity index is 1130. The van der Waals surface area contributed by atoms with Gasteiger partial charge in [-0.25, -0.2) is 4.79 Å². The summed E-state index contributed by atoms with van der Waals surface area (Å²) >= 11 is 0. The number of rotatable bonds is 9. The first-order chi connectivity index (χ1) is 16.5. The van der Waals surface area contributed by atoms with E-state index in [9.17, 15) is 14.4 Å². The van der Waals surface area contributed by atoms with E-state index in [2.05, 4.69) is 24.3 Å². The molecule has 5 heteroatoms. The molecule has 1 aliphatic rings. The first kappa shape index (κ1) is 23.4. The molecular formula is C29H29NO4. The van der Waals surface area contributed by atoms with Crippen LogP contribution in [0, 0.1) is 11.8 Å². The van der Waals surface area contributed by atoms with Gasteiger partial charge in [0.05, 0.1) is 0 Å². The number of benzene rings is 3. The van der Waals surface area contributed by atoms with Gasteiger partial charge < -0.3 is 10.8 Å². The lowest BCUT2D eigenvalue weighted by Crippen LogP contribution is -2.34. The van der Waals surface area contributed by atoms with Crippen molar-refractivity contribution in [2.45, 2.75) is 38.0 Å². The normalized spacial score (nSPS) is 16.0. The molecule has 0 fully saturated rings. The maximum atomic E-state index is 12.6. The zero-order valence-corrected chi connectivity index (χ0v) is 19.0. The molecular weight excluding hydrogens is 426 g/mol. The summed E-state index contributed by atoms with van der Waals surface area (Å²) in [6, 6.07) is 25.8. The monoisotopic (exact) mass is 455 g/mol. The van der Waals surface area contributed by atoms with Crippen molar-refractivity contribution in [1.29, 1.82) is 0 Å². The lowest BCUT2D eigenvalue weighted by molar-refractivity contribution is -0.131. The van der Waals surface area contributed by atoms with E-state index in [0.717, 1.165) is 17.5 Å². The maximum Gasteiger partial charge on any atom is 0.377 e. The standard InChI is InChI=1S/C29H29NO4/c30-28(32)25(17-16-23(19-8-3-1-4-9-19)20-10-5-2-6-11-20)22-14-15-24-21(18-22)12-7-13-26(24)27(31)29(33)34/h1-13,22-23,25H,14-18H2,(H2,30,32)(H,33,34). The lowest BCUT2D eigenvalue weighted by atomic mass is 9.72. The Morgan fingerprint density at radius 3 is 2.03 bits per heavy atom. The quantitative estimate of drug-likeness (QED) is 0.359. The number of Topliss-reactive ketones (excluding diaryl/α,β-unsaturated/α-hetero) is 1. The highest BCUT2D eigenvalue weighted by atomic mass is 16.4. The third-order valence-corrected chi connectivity index (χ3v) is 7.06. The van der Waals surface area contributed by atoms with Crippen LogP contribution in [0.15, 0.2) is 78.9 Å². The van der Waals surface area contributed by atoms with Crippen LogP contribution in [0.2, 0.25) is 0 Å². The SMILES string of the molecule is NC(=O)C(CCC(c1ccccc1)c1ccccc1)C1CCc2c(cccc2C(=O)C(=O)O)C1. The van der Waals surface area contributed by atoms with E-state index in [1.54, 1.807) is 12.1 Å². The number of carbonyl (C=O) groups is 3. The van der Waals surface area contributed by atoms with E-state index in [4.69, 9.17) is 10.8 Å². The molecule has 0 heterocycles. The largest absolute Gasteiger partial charge is 0.475 e. The van der Waals surface area contributed by atoms with E-state index >= 15 is 0 Å². The summed E-state index contributed by atoms with van der Waals surface area (Å²) in [7, 11) is 0. The molecule has 4 rings (SSSR count). The molecule has 174 valence electrons. The van der Waals surface area contributed by atoms with Crippen molar-refractivity contribution in [3.8, 4) is 0 Å². The first-order valence-electron chi connectivity index (χ1n) is 11.7. The Balaban J connectivity index is 1.54. The van der Waals surface area contributed by atoms with Crippen molar-refractivity contribution in [3.05, 3.63) is 107 Å².